The van der Waals surface area contributed by atoms with Crippen molar-refractivity contribution in [2.24, 2.45) is 5.73 Å². The van der Waals surface area contributed by atoms with Crippen molar-refractivity contribution < 1.29 is 9.21 Å². The molecule has 1 atom stereocenters. The number of nitrogens with zero attached hydrogens (tertiary/aromatic N) is 3. The average molecular weight is 305 g/mol. The first-order valence-corrected chi connectivity index (χ1v) is 7.65. The van der Waals surface area contributed by atoms with E-state index >= 15 is 0 Å². The molecule has 7 nitrogen and oxygen atoms in total. The lowest BCUT2D eigenvalue weighted by Crippen LogP contribution is -2.25. The Morgan fingerprint density at radius 2 is 2.36 bits per heavy atom. The van der Waals surface area contributed by atoms with Crippen LogP contribution in [-0.2, 0) is 6.54 Å². The predicted molar refractivity (Wildman–Crippen MR) is 82.1 cm³/mol. The number of carbonyl (C=O) groups excluding carboxylic acids is 1. The molecule has 1 unspecified atom stereocenters. The molecule has 0 saturated heterocycles. The fourth-order valence-electron chi connectivity index (χ4n) is 2.08. The molecule has 120 valence electrons. The summed E-state index contributed by atoms with van der Waals surface area (Å²) >= 11 is 0. The predicted octanol–water partition coefficient (Wildman–Crippen LogP) is 1.88. The molecular weight excluding hydrogens is 282 g/mol. The number of carbonyl (C=O) groups is 1. The zero-order valence-corrected chi connectivity index (χ0v) is 12.9. The van der Waals surface area contributed by atoms with Crippen molar-refractivity contribution in [3.8, 4) is 0 Å². The summed E-state index contributed by atoms with van der Waals surface area (Å²) in [6.07, 6.45) is 10.5. The van der Waals surface area contributed by atoms with Crippen molar-refractivity contribution >= 4 is 5.91 Å². The maximum absolute atomic E-state index is 12.0. The highest BCUT2D eigenvalue weighted by atomic mass is 16.3. The molecule has 7 heteroatoms. The van der Waals surface area contributed by atoms with Crippen LogP contribution in [0.3, 0.4) is 0 Å². The van der Waals surface area contributed by atoms with Crippen LogP contribution in [0.1, 0.15) is 55.0 Å². The van der Waals surface area contributed by atoms with Crippen LogP contribution in [0.2, 0.25) is 0 Å². The van der Waals surface area contributed by atoms with E-state index in [9.17, 15) is 4.79 Å². The van der Waals surface area contributed by atoms with Gasteiger partial charge in [-0.2, -0.15) is 0 Å². The van der Waals surface area contributed by atoms with E-state index in [0.717, 1.165) is 32.2 Å². The third-order valence-corrected chi connectivity index (χ3v) is 3.38. The standard InChI is InChI=1S/C15H23N5O2/c1-2-3-5-12(16)15-19-13(10-22-15)14(21)18-6-4-8-20-9-7-17-11-20/h7,9-12H,2-6,8,16H2,1H3,(H,18,21). The first kappa shape index (κ1) is 16.2. The zero-order valence-electron chi connectivity index (χ0n) is 12.9. The lowest BCUT2D eigenvalue weighted by Gasteiger charge is -2.05. The zero-order chi connectivity index (χ0) is 15.8. The molecule has 0 bridgehead atoms. The Balaban J connectivity index is 1.74. The van der Waals surface area contributed by atoms with E-state index in [4.69, 9.17) is 10.2 Å². The maximum Gasteiger partial charge on any atom is 0.273 e. The van der Waals surface area contributed by atoms with Crippen molar-refractivity contribution in [3.05, 3.63) is 36.6 Å². The molecular formula is C15H23N5O2. The van der Waals surface area contributed by atoms with Crippen molar-refractivity contribution in [1.82, 2.24) is 19.9 Å². The molecule has 0 aliphatic rings. The van der Waals surface area contributed by atoms with E-state index in [1.807, 2.05) is 10.8 Å². The minimum absolute atomic E-state index is 0.233. The molecule has 2 aromatic rings. The molecule has 1 amide bonds. The van der Waals surface area contributed by atoms with Crippen LogP contribution in [0.5, 0.6) is 0 Å². The van der Waals surface area contributed by atoms with Gasteiger partial charge in [-0.1, -0.05) is 19.8 Å². The second-order valence-corrected chi connectivity index (χ2v) is 5.23. The molecule has 3 N–H and O–H groups in total. The van der Waals surface area contributed by atoms with Gasteiger partial charge in [0.1, 0.15) is 6.26 Å². The average Bonchev–Trinajstić information content (AvgIpc) is 3.20. The summed E-state index contributed by atoms with van der Waals surface area (Å²) in [6, 6.07) is -0.247. The number of amides is 1. The van der Waals surface area contributed by atoms with Crippen LogP contribution in [0, 0.1) is 0 Å². The van der Waals surface area contributed by atoms with Crippen LogP contribution >= 0.6 is 0 Å². The smallest absolute Gasteiger partial charge is 0.273 e. The topological polar surface area (TPSA) is 99.0 Å². The molecule has 0 spiro atoms. The molecule has 0 aliphatic carbocycles. The highest BCUT2D eigenvalue weighted by molar-refractivity contribution is 5.91. The molecule has 0 saturated carbocycles. The van der Waals surface area contributed by atoms with Gasteiger partial charge in [-0.05, 0) is 12.8 Å². The van der Waals surface area contributed by atoms with Gasteiger partial charge in [-0.25, -0.2) is 9.97 Å². The second kappa shape index (κ2) is 8.33. The first-order valence-electron chi connectivity index (χ1n) is 7.65. The van der Waals surface area contributed by atoms with Crippen LogP contribution in [0.15, 0.2) is 29.4 Å². The summed E-state index contributed by atoms with van der Waals surface area (Å²) < 4.78 is 7.27. The molecule has 2 aromatic heterocycles. The minimum Gasteiger partial charge on any atom is -0.446 e. The third kappa shape index (κ3) is 4.70. The fourth-order valence-corrected chi connectivity index (χ4v) is 2.08. The Morgan fingerprint density at radius 3 is 3.09 bits per heavy atom. The van der Waals surface area contributed by atoms with E-state index in [1.165, 1.54) is 6.26 Å². The molecule has 22 heavy (non-hydrogen) atoms. The number of nitrogens with one attached hydrogen (secondary N) is 1. The number of unbranched alkanes of at least 4 members (excludes halogenated alkanes) is 1. The van der Waals surface area contributed by atoms with Gasteiger partial charge in [0, 0.05) is 25.5 Å². The van der Waals surface area contributed by atoms with E-state index in [-0.39, 0.29) is 17.6 Å². The van der Waals surface area contributed by atoms with Gasteiger partial charge >= 0.3 is 0 Å². The summed E-state index contributed by atoms with van der Waals surface area (Å²) in [5.41, 5.74) is 6.26. The van der Waals surface area contributed by atoms with Crippen LogP contribution < -0.4 is 11.1 Å². The number of nitrogens with two attached hydrogens (primary N) is 1. The number of rotatable bonds is 9. The van der Waals surface area contributed by atoms with E-state index in [0.29, 0.717) is 12.4 Å². The van der Waals surface area contributed by atoms with Crippen molar-refractivity contribution in [3.63, 3.8) is 0 Å². The fraction of sp³-hybridized carbons (Fsp3) is 0.533. The molecule has 2 rings (SSSR count). The van der Waals surface area contributed by atoms with Crippen molar-refractivity contribution in [2.75, 3.05) is 6.54 Å². The van der Waals surface area contributed by atoms with Gasteiger partial charge in [-0.3, -0.25) is 4.79 Å². The third-order valence-electron chi connectivity index (χ3n) is 3.38. The summed E-state index contributed by atoms with van der Waals surface area (Å²) in [5.74, 6) is 0.195. The number of aromatic nitrogens is 3. The number of oxazole rings is 1. The van der Waals surface area contributed by atoms with Gasteiger partial charge in [0.05, 0.1) is 12.4 Å². The highest BCUT2D eigenvalue weighted by Gasteiger charge is 2.16. The largest absolute Gasteiger partial charge is 0.446 e. The van der Waals surface area contributed by atoms with Gasteiger partial charge in [0.15, 0.2) is 5.69 Å². The monoisotopic (exact) mass is 305 g/mol. The molecule has 2 heterocycles. The summed E-state index contributed by atoms with van der Waals surface area (Å²) in [7, 11) is 0. The van der Waals surface area contributed by atoms with Gasteiger partial charge in [0.25, 0.3) is 5.91 Å². The van der Waals surface area contributed by atoms with Gasteiger partial charge in [-0.15, -0.1) is 0 Å². The van der Waals surface area contributed by atoms with E-state index in [2.05, 4.69) is 22.2 Å². The number of hydrogen-bond acceptors (Lipinski definition) is 5. The second-order valence-electron chi connectivity index (χ2n) is 5.23. The van der Waals surface area contributed by atoms with Crippen LogP contribution in [0.4, 0.5) is 0 Å². The Hall–Kier alpha value is -2.15. The van der Waals surface area contributed by atoms with E-state index in [1.54, 1.807) is 12.5 Å². The Kier molecular flexibility index (Phi) is 6.14. The molecule has 0 fully saturated rings. The Morgan fingerprint density at radius 1 is 1.50 bits per heavy atom. The quantitative estimate of drug-likeness (QED) is 0.689. The van der Waals surface area contributed by atoms with E-state index < -0.39 is 0 Å². The van der Waals surface area contributed by atoms with Crippen LogP contribution in [-0.4, -0.2) is 27.0 Å². The first-order chi connectivity index (χ1) is 10.7. The molecule has 0 radical (unpaired) electrons. The SMILES string of the molecule is CCCCC(N)c1nc(C(=O)NCCCn2ccnc2)co1. The minimum atomic E-state index is -0.247. The molecule has 0 aromatic carbocycles. The summed E-state index contributed by atoms with van der Waals surface area (Å²) in [4.78, 5) is 20.1. The molecule has 0 aliphatic heterocycles. The van der Waals surface area contributed by atoms with Crippen molar-refractivity contribution in [2.45, 2.75) is 45.2 Å². The lowest BCUT2D eigenvalue weighted by molar-refractivity contribution is 0.0947. The summed E-state index contributed by atoms with van der Waals surface area (Å²) in [5, 5.41) is 2.82. The Bertz CT molecular complexity index is 564. The number of imidazole rings is 1. The van der Waals surface area contributed by atoms with Gasteiger partial charge in [0.2, 0.25) is 5.89 Å². The van der Waals surface area contributed by atoms with Crippen LogP contribution in [0.25, 0.3) is 0 Å². The highest BCUT2D eigenvalue weighted by Crippen LogP contribution is 2.16. The van der Waals surface area contributed by atoms with Gasteiger partial charge < -0.3 is 20.0 Å². The number of aryl methyl sites for hydroxylation is 1. The summed E-state index contributed by atoms with van der Waals surface area (Å²) in [6.45, 7) is 3.48. The Labute approximate surface area is 129 Å². The maximum atomic E-state index is 12.0. The lowest BCUT2D eigenvalue weighted by atomic mass is 10.1. The van der Waals surface area contributed by atoms with Crippen molar-refractivity contribution in [1.29, 1.82) is 0 Å². The normalized spacial score (nSPS) is 12.3. The number of hydrogen-bond donors (Lipinski definition) is 2.